The zero-order chi connectivity index (χ0) is 13.1. The number of nitrogens with zero attached hydrogens (tertiary/aromatic N) is 3. The summed E-state index contributed by atoms with van der Waals surface area (Å²) in [6.45, 7) is 6.90. The second-order valence-electron chi connectivity index (χ2n) is 4.69. The van der Waals surface area contributed by atoms with Gasteiger partial charge in [-0.2, -0.15) is 0 Å². The minimum atomic E-state index is 0.151. The van der Waals surface area contributed by atoms with Crippen LogP contribution in [0.3, 0.4) is 0 Å². The molecule has 0 unspecified atom stereocenters. The average Bonchev–Trinajstić information content (AvgIpc) is 2.58. The predicted octanol–water partition coefficient (Wildman–Crippen LogP) is 1.03. The van der Waals surface area contributed by atoms with Gasteiger partial charge in [0.05, 0.1) is 11.4 Å². The van der Waals surface area contributed by atoms with Gasteiger partial charge in [-0.3, -0.25) is 4.79 Å². The maximum Gasteiger partial charge on any atom is 0.219 e. The van der Waals surface area contributed by atoms with Crippen LogP contribution in [0.1, 0.15) is 19.0 Å². The number of carbonyl (C=O) groups is 1. The van der Waals surface area contributed by atoms with Crippen molar-refractivity contribution >= 4 is 17.4 Å². The lowest BCUT2D eigenvalue weighted by Crippen LogP contribution is -2.33. The molecule has 1 amide bonds. The van der Waals surface area contributed by atoms with Gasteiger partial charge in [-0.05, 0) is 25.5 Å². The van der Waals surface area contributed by atoms with E-state index in [9.17, 15) is 4.79 Å². The fourth-order valence-electron chi connectivity index (χ4n) is 2.20. The van der Waals surface area contributed by atoms with Gasteiger partial charge in [0.1, 0.15) is 5.82 Å². The molecule has 1 aliphatic rings. The minimum absolute atomic E-state index is 0.151. The number of nitrogen functional groups attached to an aromatic ring is 1. The quantitative estimate of drug-likeness (QED) is 0.806. The molecule has 98 valence electrons. The molecule has 1 aromatic rings. The van der Waals surface area contributed by atoms with Crippen molar-refractivity contribution in [2.24, 2.45) is 0 Å². The van der Waals surface area contributed by atoms with E-state index in [2.05, 4.69) is 9.88 Å². The second-order valence-corrected chi connectivity index (χ2v) is 4.69. The Bertz CT molecular complexity index is 447. The van der Waals surface area contributed by atoms with Crippen molar-refractivity contribution in [2.45, 2.75) is 20.3 Å². The lowest BCUT2D eigenvalue weighted by Gasteiger charge is -2.22. The Balaban J connectivity index is 2.09. The number of amides is 1. The van der Waals surface area contributed by atoms with Gasteiger partial charge in [0, 0.05) is 33.1 Å². The molecule has 5 heteroatoms. The molecule has 1 aliphatic heterocycles. The van der Waals surface area contributed by atoms with E-state index in [-0.39, 0.29) is 5.91 Å². The van der Waals surface area contributed by atoms with Crippen LogP contribution in [0.15, 0.2) is 12.1 Å². The van der Waals surface area contributed by atoms with Gasteiger partial charge in [0.15, 0.2) is 0 Å². The summed E-state index contributed by atoms with van der Waals surface area (Å²) in [6.07, 6.45) is 0.977. The van der Waals surface area contributed by atoms with E-state index in [1.165, 1.54) is 0 Å². The molecule has 1 saturated heterocycles. The van der Waals surface area contributed by atoms with Gasteiger partial charge >= 0.3 is 0 Å². The summed E-state index contributed by atoms with van der Waals surface area (Å²) in [4.78, 5) is 20.0. The van der Waals surface area contributed by atoms with E-state index in [1.54, 1.807) is 6.92 Å². The molecule has 0 spiro atoms. The molecule has 2 rings (SSSR count). The van der Waals surface area contributed by atoms with E-state index < -0.39 is 0 Å². The topological polar surface area (TPSA) is 62.5 Å². The van der Waals surface area contributed by atoms with Crippen LogP contribution in [0.2, 0.25) is 0 Å². The van der Waals surface area contributed by atoms with Crippen molar-refractivity contribution in [3.63, 3.8) is 0 Å². The zero-order valence-electron chi connectivity index (χ0n) is 11.0. The Morgan fingerprint density at radius 1 is 1.28 bits per heavy atom. The highest BCUT2D eigenvalue weighted by Gasteiger charge is 2.17. The molecule has 0 radical (unpaired) electrons. The van der Waals surface area contributed by atoms with Crippen molar-refractivity contribution in [3.05, 3.63) is 17.8 Å². The molecule has 0 aromatic carbocycles. The van der Waals surface area contributed by atoms with Gasteiger partial charge in [0.25, 0.3) is 0 Å². The Morgan fingerprint density at radius 2 is 2.06 bits per heavy atom. The summed E-state index contributed by atoms with van der Waals surface area (Å²) >= 11 is 0. The van der Waals surface area contributed by atoms with Crippen LogP contribution in [-0.2, 0) is 4.79 Å². The van der Waals surface area contributed by atoms with Crippen LogP contribution in [-0.4, -0.2) is 42.0 Å². The molecule has 1 fully saturated rings. The number of aryl methyl sites for hydroxylation is 1. The van der Waals surface area contributed by atoms with Crippen molar-refractivity contribution in [1.29, 1.82) is 0 Å². The molecule has 0 saturated carbocycles. The fourth-order valence-corrected chi connectivity index (χ4v) is 2.20. The number of rotatable bonds is 1. The van der Waals surface area contributed by atoms with Crippen molar-refractivity contribution in [3.8, 4) is 0 Å². The molecular formula is C13H20N4O. The van der Waals surface area contributed by atoms with E-state index in [4.69, 9.17) is 5.73 Å². The van der Waals surface area contributed by atoms with E-state index >= 15 is 0 Å². The Kier molecular flexibility index (Phi) is 3.69. The first kappa shape index (κ1) is 12.7. The zero-order valence-corrected chi connectivity index (χ0v) is 11.0. The van der Waals surface area contributed by atoms with Crippen molar-refractivity contribution in [1.82, 2.24) is 9.88 Å². The predicted molar refractivity (Wildman–Crippen MR) is 72.5 cm³/mol. The maximum atomic E-state index is 11.4. The molecule has 18 heavy (non-hydrogen) atoms. The lowest BCUT2D eigenvalue weighted by molar-refractivity contribution is -0.128. The lowest BCUT2D eigenvalue weighted by atomic mass is 10.3. The van der Waals surface area contributed by atoms with E-state index in [1.807, 2.05) is 24.0 Å². The number of nitrogens with two attached hydrogens (primary N) is 1. The SMILES string of the molecule is CC(=O)N1CCCN(c2ccc(N)c(C)n2)CC1. The van der Waals surface area contributed by atoms with Crippen LogP contribution in [0.4, 0.5) is 11.5 Å². The highest BCUT2D eigenvalue weighted by molar-refractivity contribution is 5.73. The van der Waals surface area contributed by atoms with Gasteiger partial charge in [-0.15, -0.1) is 0 Å². The van der Waals surface area contributed by atoms with Crippen molar-refractivity contribution < 1.29 is 4.79 Å². The van der Waals surface area contributed by atoms with E-state index in [0.29, 0.717) is 0 Å². The number of carbonyl (C=O) groups excluding carboxylic acids is 1. The number of anilines is 2. The molecule has 0 aliphatic carbocycles. The van der Waals surface area contributed by atoms with Crippen LogP contribution in [0.5, 0.6) is 0 Å². The molecule has 2 N–H and O–H groups in total. The molecule has 2 heterocycles. The highest BCUT2D eigenvalue weighted by atomic mass is 16.2. The largest absolute Gasteiger partial charge is 0.397 e. The summed E-state index contributed by atoms with van der Waals surface area (Å²) in [5, 5.41) is 0. The van der Waals surface area contributed by atoms with Crippen LogP contribution >= 0.6 is 0 Å². The maximum absolute atomic E-state index is 11.4. The third-order valence-electron chi connectivity index (χ3n) is 3.38. The summed E-state index contributed by atoms with van der Waals surface area (Å²) in [7, 11) is 0. The summed E-state index contributed by atoms with van der Waals surface area (Å²) in [6, 6.07) is 3.84. The molecule has 1 aromatic heterocycles. The number of hydrogen-bond acceptors (Lipinski definition) is 4. The van der Waals surface area contributed by atoms with Crippen LogP contribution in [0, 0.1) is 6.92 Å². The molecule has 0 atom stereocenters. The summed E-state index contributed by atoms with van der Waals surface area (Å²) in [5.41, 5.74) is 7.36. The summed E-state index contributed by atoms with van der Waals surface area (Å²) in [5.74, 6) is 1.10. The van der Waals surface area contributed by atoms with Crippen LogP contribution < -0.4 is 10.6 Å². The first-order valence-corrected chi connectivity index (χ1v) is 6.31. The third kappa shape index (κ3) is 2.72. The van der Waals surface area contributed by atoms with Crippen LogP contribution in [0.25, 0.3) is 0 Å². The Labute approximate surface area is 108 Å². The van der Waals surface area contributed by atoms with Gasteiger partial charge in [0.2, 0.25) is 5.91 Å². The second kappa shape index (κ2) is 5.25. The average molecular weight is 248 g/mol. The molecule has 0 bridgehead atoms. The monoisotopic (exact) mass is 248 g/mol. The van der Waals surface area contributed by atoms with E-state index in [0.717, 1.165) is 49.8 Å². The van der Waals surface area contributed by atoms with Crippen molar-refractivity contribution in [2.75, 3.05) is 36.8 Å². The number of pyridine rings is 1. The number of aromatic nitrogens is 1. The summed E-state index contributed by atoms with van der Waals surface area (Å²) < 4.78 is 0. The van der Waals surface area contributed by atoms with Gasteiger partial charge in [-0.1, -0.05) is 0 Å². The van der Waals surface area contributed by atoms with Gasteiger partial charge in [-0.25, -0.2) is 4.98 Å². The number of hydrogen-bond donors (Lipinski definition) is 1. The fraction of sp³-hybridized carbons (Fsp3) is 0.538. The molecule has 5 nitrogen and oxygen atoms in total. The Hall–Kier alpha value is -1.78. The third-order valence-corrected chi connectivity index (χ3v) is 3.38. The first-order valence-electron chi connectivity index (χ1n) is 6.31. The molecular weight excluding hydrogens is 228 g/mol. The standard InChI is InChI=1S/C13H20N4O/c1-10-12(14)4-5-13(15-10)17-7-3-6-16(8-9-17)11(2)18/h4-5H,3,6-9,14H2,1-2H3. The van der Waals surface area contributed by atoms with Gasteiger partial charge < -0.3 is 15.5 Å². The minimum Gasteiger partial charge on any atom is -0.397 e. The Morgan fingerprint density at radius 3 is 2.72 bits per heavy atom. The first-order chi connectivity index (χ1) is 8.58. The highest BCUT2D eigenvalue weighted by Crippen LogP contribution is 2.17. The smallest absolute Gasteiger partial charge is 0.219 e. The normalized spacial score (nSPS) is 16.6.